The lowest BCUT2D eigenvalue weighted by molar-refractivity contribution is -0.385. The number of halogens is 1. The first kappa shape index (κ1) is 12.9. The number of nitrogens with one attached hydrogen (secondary N) is 1. The molecule has 1 atom stereocenters. The number of rotatable bonds is 3. The molecule has 1 aliphatic heterocycles. The molecule has 1 aliphatic rings. The van der Waals surface area contributed by atoms with Crippen LogP contribution in [0.3, 0.4) is 0 Å². The molecule has 0 spiro atoms. The maximum Gasteiger partial charge on any atom is 0.272 e. The quantitative estimate of drug-likeness (QED) is 0.655. The highest BCUT2D eigenvalue weighted by molar-refractivity contribution is 5.34. The SMILES string of the molecule is CC1CN(Cc2ccc([N+](=O)[O-])cc2F)CCN1. The van der Waals surface area contributed by atoms with Crippen molar-refractivity contribution in [3.05, 3.63) is 39.7 Å². The highest BCUT2D eigenvalue weighted by Gasteiger charge is 2.18. The van der Waals surface area contributed by atoms with Crippen molar-refractivity contribution in [1.29, 1.82) is 0 Å². The smallest absolute Gasteiger partial charge is 0.272 e. The van der Waals surface area contributed by atoms with E-state index in [0.717, 1.165) is 25.7 Å². The summed E-state index contributed by atoms with van der Waals surface area (Å²) in [5.74, 6) is -0.504. The molecule has 1 heterocycles. The van der Waals surface area contributed by atoms with E-state index in [1.165, 1.54) is 12.1 Å². The number of nitro benzene ring substituents is 1. The number of hydrogen-bond acceptors (Lipinski definition) is 4. The van der Waals surface area contributed by atoms with E-state index in [0.29, 0.717) is 18.2 Å². The lowest BCUT2D eigenvalue weighted by Crippen LogP contribution is -2.48. The first-order chi connectivity index (χ1) is 8.56. The number of benzene rings is 1. The van der Waals surface area contributed by atoms with Crippen LogP contribution in [0.4, 0.5) is 10.1 Å². The second kappa shape index (κ2) is 5.41. The zero-order valence-electron chi connectivity index (χ0n) is 10.2. The molecule has 5 nitrogen and oxygen atoms in total. The molecule has 18 heavy (non-hydrogen) atoms. The van der Waals surface area contributed by atoms with Crippen LogP contribution in [0.2, 0.25) is 0 Å². The normalized spacial score (nSPS) is 20.9. The third-order valence-electron chi connectivity index (χ3n) is 3.09. The number of piperazine rings is 1. The van der Waals surface area contributed by atoms with Gasteiger partial charge in [0.2, 0.25) is 0 Å². The Morgan fingerprint density at radius 1 is 1.61 bits per heavy atom. The Morgan fingerprint density at radius 3 is 3.00 bits per heavy atom. The Bertz CT molecular complexity index is 453. The summed E-state index contributed by atoms with van der Waals surface area (Å²) in [7, 11) is 0. The van der Waals surface area contributed by atoms with E-state index in [2.05, 4.69) is 17.1 Å². The van der Waals surface area contributed by atoms with Crippen LogP contribution in [0.1, 0.15) is 12.5 Å². The predicted octanol–water partition coefficient (Wildman–Crippen LogP) is 1.53. The van der Waals surface area contributed by atoms with E-state index in [9.17, 15) is 14.5 Å². The van der Waals surface area contributed by atoms with E-state index in [-0.39, 0.29) is 5.69 Å². The molecule has 1 unspecified atom stereocenters. The Hall–Kier alpha value is -1.53. The van der Waals surface area contributed by atoms with Crippen LogP contribution >= 0.6 is 0 Å². The van der Waals surface area contributed by atoms with Crippen LogP contribution in [-0.4, -0.2) is 35.5 Å². The first-order valence-corrected chi connectivity index (χ1v) is 5.95. The number of non-ortho nitro benzene ring substituents is 1. The molecular weight excluding hydrogens is 237 g/mol. The van der Waals surface area contributed by atoms with E-state index in [1.807, 2.05) is 0 Å². The number of hydrogen-bond donors (Lipinski definition) is 1. The second-order valence-electron chi connectivity index (χ2n) is 4.62. The molecule has 0 bridgehead atoms. The molecular formula is C12H16FN3O2. The van der Waals surface area contributed by atoms with Gasteiger partial charge in [-0.1, -0.05) is 0 Å². The number of nitrogens with zero attached hydrogens (tertiary/aromatic N) is 2. The van der Waals surface area contributed by atoms with Crippen molar-refractivity contribution in [2.24, 2.45) is 0 Å². The minimum Gasteiger partial charge on any atom is -0.312 e. The predicted molar refractivity (Wildman–Crippen MR) is 65.8 cm³/mol. The van der Waals surface area contributed by atoms with Gasteiger partial charge in [0.15, 0.2) is 0 Å². The molecule has 1 aromatic rings. The third kappa shape index (κ3) is 3.02. The van der Waals surface area contributed by atoms with Crippen molar-refractivity contribution in [2.45, 2.75) is 19.5 Å². The van der Waals surface area contributed by atoms with Gasteiger partial charge >= 0.3 is 0 Å². The molecule has 98 valence electrons. The molecule has 0 aliphatic carbocycles. The third-order valence-corrected chi connectivity index (χ3v) is 3.09. The van der Waals surface area contributed by atoms with Crippen molar-refractivity contribution in [3.63, 3.8) is 0 Å². The van der Waals surface area contributed by atoms with E-state index in [4.69, 9.17) is 0 Å². The topological polar surface area (TPSA) is 58.4 Å². The summed E-state index contributed by atoms with van der Waals surface area (Å²) in [6.07, 6.45) is 0. The molecule has 0 aromatic heterocycles. The number of nitro groups is 1. The summed E-state index contributed by atoms with van der Waals surface area (Å²) >= 11 is 0. The average molecular weight is 253 g/mol. The van der Waals surface area contributed by atoms with Crippen LogP contribution in [0, 0.1) is 15.9 Å². The van der Waals surface area contributed by atoms with Gasteiger partial charge in [-0.15, -0.1) is 0 Å². The summed E-state index contributed by atoms with van der Waals surface area (Å²) in [5, 5.41) is 13.8. The van der Waals surface area contributed by atoms with Crippen molar-refractivity contribution >= 4 is 5.69 Å². The van der Waals surface area contributed by atoms with Crippen LogP contribution in [0.25, 0.3) is 0 Å². The van der Waals surface area contributed by atoms with Gasteiger partial charge in [-0.05, 0) is 13.0 Å². The van der Waals surface area contributed by atoms with E-state index >= 15 is 0 Å². The largest absolute Gasteiger partial charge is 0.312 e. The molecule has 1 saturated heterocycles. The molecule has 0 saturated carbocycles. The molecule has 2 rings (SSSR count). The molecule has 0 radical (unpaired) electrons. The van der Waals surface area contributed by atoms with Crippen molar-refractivity contribution in [1.82, 2.24) is 10.2 Å². The zero-order valence-corrected chi connectivity index (χ0v) is 10.2. The fraction of sp³-hybridized carbons (Fsp3) is 0.500. The van der Waals surface area contributed by atoms with Gasteiger partial charge in [-0.3, -0.25) is 15.0 Å². The summed E-state index contributed by atoms with van der Waals surface area (Å²) in [6.45, 7) is 5.18. The Labute approximate surface area is 105 Å². The lowest BCUT2D eigenvalue weighted by atomic mass is 10.1. The molecule has 6 heteroatoms. The summed E-state index contributed by atoms with van der Waals surface area (Å²) < 4.78 is 13.7. The van der Waals surface area contributed by atoms with Gasteiger partial charge in [0.25, 0.3) is 5.69 Å². The highest BCUT2D eigenvalue weighted by Crippen LogP contribution is 2.18. The van der Waals surface area contributed by atoms with Crippen molar-refractivity contribution in [2.75, 3.05) is 19.6 Å². The first-order valence-electron chi connectivity index (χ1n) is 5.95. The van der Waals surface area contributed by atoms with Crippen molar-refractivity contribution < 1.29 is 9.31 Å². The summed E-state index contributed by atoms with van der Waals surface area (Å²) in [4.78, 5) is 12.1. The average Bonchev–Trinajstić information content (AvgIpc) is 2.31. The minimum atomic E-state index is -0.584. The van der Waals surface area contributed by atoms with Gasteiger partial charge in [-0.2, -0.15) is 0 Å². The fourth-order valence-electron chi connectivity index (χ4n) is 2.17. The van der Waals surface area contributed by atoms with Gasteiger partial charge in [0.05, 0.1) is 11.0 Å². The van der Waals surface area contributed by atoms with Crippen LogP contribution < -0.4 is 5.32 Å². The Morgan fingerprint density at radius 2 is 2.39 bits per heavy atom. The fourth-order valence-corrected chi connectivity index (χ4v) is 2.17. The van der Waals surface area contributed by atoms with Crippen LogP contribution in [0.15, 0.2) is 18.2 Å². The maximum absolute atomic E-state index is 13.7. The lowest BCUT2D eigenvalue weighted by Gasteiger charge is -2.31. The highest BCUT2D eigenvalue weighted by atomic mass is 19.1. The van der Waals surface area contributed by atoms with Crippen molar-refractivity contribution in [3.8, 4) is 0 Å². The zero-order chi connectivity index (χ0) is 13.1. The standard InChI is InChI=1S/C12H16FN3O2/c1-9-7-15(5-4-14-9)8-10-2-3-11(16(17)18)6-12(10)13/h2-3,6,9,14H,4-5,7-8H2,1H3. The van der Waals surface area contributed by atoms with Crippen LogP contribution in [0.5, 0.6) is 0 Å². The van der Waals surface area contributed by atoms with Gasteiger partial charge in [-0.25, -0.2) is 4.39 Å². The van der Waals surface area contributed by atoms with Gasteiger partial charge < -0.3 is 5.32 Å². The molecule has 1 N–H and O–H groups in total. The van der Waals surface area contributed by atoms with E-state index < -0.39 is 10.7 Å². The van der Waals surface area contributed by atoms with Gasteiger partial charge in [0.1, 0.15) is 5.82 Å². The maximum atomic E-state index is 13.7. The minimum absolute atomic E-state index is 0.204. The molecule has 1 fully saturated rings. The Kier molecular flexibility index (Phi) is 3.88. The Balaban J connectivity index is 2.07. The monoisotopic (exact) mass is 253 g/mol. The van der Waals surface area contributed by atoms with Gasteiger partial charge in [0, 0.05) is 43.9 Å². The van der Waals surface area contributed by atoms with Crippen LogP contribution in [-0.2, 0) is 6.54 Å². The summed E-state index contributed by atoms with van der Waals surface area (Å²) in [5.41, 5.74) is 0.305. The molecule has 1 aromatic carbocycles. The summed E-state index contributed by atoms with van der Waals surface area (Å²) in [6, 6.07) is 4.23. The second-order valence-corrected chi connectivity index (χ2v) is 4.62. The van der Waals surface area contributed by atoms with E-state index in [1.54, 1.807) is 0 Å². The molecule has 0 amide bonds.